The van der Waals surface area contributed by atoms with Crippen LogP contribution in [0, 0.1) is 19.8 Å². The van der Waals surface area contributed by atoms with Crippen molar-refractivity contribution >= 4 is 5.91 Å². The Morgan fingerprint density at radius 1 is 1.40 bits per heavy atom. The van der Waals surface area contributed by atoms with Crippen molar-refractivity contribution in [2.45, 2.75) is 52.0 Å². The highest BCUT2D eigenvalue weighted by molar-refractivity contribution is 5.77. The van der Waals surface area contributed by atoms with E-state index in [4.69, 9.17) is 0 Å². The van der Waals surface area contributed by atoms with Gasteiger partial charge in [0.1, 0.15) is 0 Å². The van der Waals surface area contributed by atoms with E-state index in [9.17, 15) is 9.90 Å². The molecule has 2 N–H and O–H groups in total. The van der Waals surface area contributed by atoms with Gasteiger partial charge in [-0.1, -0.05) is 23.8 Å². The van der Waals surface area contributed by atoms with E-state index in [1.807, 2.05) is 6.92 Å². The van der Waals surface area contributed by atoms with Crippen LogP contribution in [-0.2, 0) is 11.2 Å². The van der Waals surface area contributed by atoms with Crippen molar-refractivity contribution in [3.05, 3.63) is 34.9 Å². The van der Waals surface area contributed by atoms with E-state index in [-0.39, 0.29) is 12.5 Å². The van der Waals surface area contributed by atoms with Crippen molar-refractivity contribution in [3.63, 3.8) is 0 Å². The predicted octanol–water partition coefficient (Wildman–Crippen LogP) is 2.51. The van der Waals surface area contributed by atoms with Gasteiger partial charge in [-0.05, 0) is 57.1 Å². The molecule has 0 saturated heterocycles. The summed E-state index contributed by atoms with van der Waals surface area (Å²) in [6.07, 6.45) is 3.44. The SMILES string of the molecule is Cc1ccc(CCC(=O)NC(C)(CO)C2CC2)c(C)c1. The summed E-state index contributed by atoms with van der Waals surface area (Å²) >= 11 is 0. The van der Waals surface area contributed by atoms with E-state index in [0.717, 1.165) is 19.3 Å². The van der Waals surface area contributed by atoms with E-state index in [1.165, 1.54) is 16.7 Å². The maximum Gasteiger partial charge on any atom is 0.220 e. The molecule has 3 nitrogen and oxygen atoms in total. The zero-order chi connectivity index (χ0) is 14.8. The van der Waals surface area contributed by atoms with Crippen molar-refractivity contribution in [2.75, 3.05) is 6.61 Å². The monoisotopic (exact) mass is 275 g/mol. The van der Waals surface area contributed by atoms with Crippen LogP contribution in [-0.4, -0.2) is 23.2 Å². The molecule has 1 aliphatic rings. The average molecular weight is 275 g/mol. The third-order valence-corrected chi connectivity index (χ3v) is 4.35. The maximum absolute atomic E-state index is 12.1. The average Bonchev–Trinajstić information content (AvgIpc) is 3.22. The summed E-state index contributed by atoms with van der Waals surface area (Å²) in [5.41, 5.74) is 3.28. The molecule has 1 unspecified atom stereocenters. The highest BCUT2D eigenvalue weighted by atomic mass is 16.3. The van der Waals surface area contributed by atoms with Crippen LogP contribution in [0.5, 0.6) is 0 Å². The maximum atomic E-state index is 12.1. The van der Waals surface area contributed by atoms with Crippen molar-refractivity contribution in [1.82, 2.24) is 5.32 Å². The second-order valence-electron chi connectivity index (χ2n) is 6.33. The van der Waals surface area contributed by atoms with Crippen LogP contribution < -0.4 is 5.32 Å². The summed E-state index contributed by atoms with van der Waals surface area (Å²) < 4.78 is 0. The Morgan fingerprint density at radius 3 is 2.65 bits per heavy atom. The van der Waals surface area contributed by atoms with Gasteiger partial charge in [-0.25, -0.2) is 0 Å². The number of hydrogen-bond donors (Lipinski definition) is 2. The first kappa shape index (κ1) is 15.0. The first-order valence-electron chi connectivity index (χ1n) is 7.42. The summed E-state index contributed by atoms with van der Waals surface area (Å²) in [5.74, 6) is 0.478. The lowest BCUT2D eigenvalue weighted by atomic mass is 9.96. The van der Waals surface area contributed by atoms with E-state index in [0.29, 0.717) is 12.3 Å². The molecule has 0 radical (unpaired) electrons. The van der Waals surface area contributed by atoms with Gasteiger partial charge in [0.15, 0.2) is 0 Å². The number of aliphatic hydroxyl groups excluding tert-OH is 1. The molecule has 1 saturated carbocycles. The zero-order valence-electron chi connectivity index (χ0n) is 12.7. The highest BCUT2D eigenvalue weighted by Crippen LogP contribution is 2.39. The number of aliphatic hydroxyl groups is 1. The second kappa shape index (κ2) is 5.96. The van der Waals surface area contributed by atoms with E-state index < -0.39 is 5.54 Å². The fraction of sp³-hybridized carbons (Fsp3) is 0.588. The molecule has 1 aromatic carbocycles. The predicted molar refractivity (Wildman–Crippen MR) is 80.6 cm³/mol. The van der Waals surface area contributed by atoms with E-state index >= 15 is 0 Å². The standard InChI is InChI=1S/C17H25NO2/c1-12-4-5-14(13(2)10-12)6-9-16(20)18-17(3,11-19)15-7-8-15/h4-5,10,15,19H,6-9,11H2,1-3H3,(H,18,20). The largest absolute Gasteiger partial charge is 0.394 e. The Bertz CT molecular complexity index is 494. The van der Waals surface area contributed by atoms with Gasteiger partial charge in [0.2, 0.25) is 5.91 Å². The van der Waals surface area contributed by atoms with Gasteiger partial charge in [-0.3, -0.25) is 4.79 Å². The molecule has 1 amide bonds. The lowest BCUT2D eigenvalue weighted by Gasteiger charge is -2.28. The van der Waals surface area contributed by atoms with Gasteiger partial charge < -0.3 is 10.4 Å². The van der Waals surface area contributed by atoms with Gasteiger partial charge >= 0.3 is 0 Å². The molecular formula is C17H25NO2. The molecular weight excluding hydrogens is 250 g/mol. The van der Waals surface area contributed by atoms with Crippen LogP contribution in [0.1, 0.15) is 42.9 Å². The van der Waals surface area contributed by atoms with E-state index in [1.54, 1.807) is 0 Å². The van der Waals surface area contributed by atoms with Crippen LogP contribution in [0.2, 0.25) is 0 Å². The van der Waals surface area contributed by atoms with Gasteiger partial charge in [-0.15, -0.1) is 0 Å². The van der Waals surface area contributed by atoms with Crippen LogP contribution >= 0.6 is 0 Å². The molecule has 0 aliphatic heterocycles. The molecule has 1 aromatic rings. The topological polar surface area (TPSA) is 49.3 Å². The van der Waals surface area contributed by atoms with Gasteiger partial charge in [-0.2, -0.15) is 0 Å². The fourth-order valence-corrected chi connectivity index (χ4v) is 2.75. The highest BCUT2D eigenvalue weighted by Gasteiger charge is 2.41. The minimum Gasteiger partial charge on any atom is -0.394 e. The van der Waals surface area contributed by atoms with Crippen molar-refractivity contribution in [2.24, 2.45) is 5.92 Å². The van der Waals surface area contributed by atoms with Crippen LogP contribution in [0.4, 0.5) is 0 Å². The first-order chi connectivity index (χ1) is 9.44. The minimum absolute atomic E-state index is 0.0208. The van der Waals surface area contributed by atoms with Gasteiger partial charge in [0.05, 0.1) is 12.1 Å². The Kier molecular flexibility index (Phi) is 4.48. The number of nitrogens with one attached hydrogen (secondary N) is 1. The van der Waals surface area contributed by atoms with Crippen LogP contribution in [0.3, 0.4) is 0 Å². The van der Waals surface area contributed by atoms with Crippen LogP contribution in [0.25, 0.3) is 0 Å². The molecule has 0 spiro atoms. The second-order valence-corrected chi connectivity index (χ2v) is 6.33. The Labute approximate surface area is 121 Å². The lowest BCUT2D eigenvalue weighted by molar-refractivity contribution is -0.123. The van der Waals surface area contributed by atoms with Gasteiger partial charge in [0, 0.05) is 6.42 Å². The molecule has 2 rings (SSSR count). The van der Waals surface area contributed by atoms with Crippen molar-refractivity contribution < 1.29 is 9.90 Å². The number of carbonyl (C=O) groups excluding carboxylic acids is 1. The summed E-state index contributed by atoms with van der Waals surface area (Å²) in [6, 6.07) is 6.33. The Hall–Kier alpha value is -1.35. The normalized spacial score (nSPS) is 17.6. The molecule has 1 aliphatic carbocycles. The third kappa shape index (κ3) is 3.60. The first-order valence-corrected chi connectivity index (χ1v) is 7.42. The number of hydrogen-bond acceptors (Lipinski definition) is 2. The summed E-state index contributed by atoms with van der Waals surface area (Å²) in [7, 11) is 0. The molecule has 1 fully saturated rings. The Morgan fingerprint density at radius 2 is 2.10 bits per heavy atom. The molecule has 110 valence electrons. The molecule has 3 heteroatoms. The van der Waals surface area contributed by atoms with Gasteiger partial charge in [0.25, 0.3) is 0 Å². The minimum atomic E-state index is -0.431. The molecule has 0 aromatic heterocycles. The van der Waals surface area contributed by atoms with E-state index in [2.05, 4.69) is 37.4 Å². The number of amides is 1. The molecule has 0 bridgehead atoms. The number of rotatable bonds is 6. The molecule has 0 heterocycles. The lowest BCUT2D eigenvalue weighted by Crippen LogP contribution is -2.50. The number of benzene rings is 1. The summed E-state index contributed by atoms with van der Waals surface area (Å²) in [4.78, 5) is 12.1. The number of carbonyl (C=O) groups is 1. The smallest absolute Gasteiger partial charge is 0.220 e. The van der Waals surface area contributed by atoms with Crippen LogP contribution in [0.15, 0.2) is 18.2 Å². The number of aryl methyl sites for hydroxylation is 3. The van der Waals surface area contributed by atoms with Crippen molar-refractivity contribution in [1.29, 1.82) is 0 Å². The quantitative estimate of drug-likeness (QED) is 0.838. The summed E-state index contributed by atoms with van der Waals surface area (Å²) in [5, 5.41) is 12.5. The fourth-order valence-electron chi connectivity index (χ4n) is 2.75. The molecule has 1 atom stereocenters. The van der Waals surface area contributed by atoms with Crippen molar-refractivity contribution in [3.8, 4) is 0 Å². The third-order valence-electron chi connectivity index (χ3n) is 4.35. The molecule has 20 heavy (non-hydrogen) atoms. The zero-order valence-corrected chi connectivity index (χ0v) is 12.7. The summed E-state index contributed by atoms with van der Waals surface area (Å²) in [6.45, 7) is 6.13. The Balaban J connectivity index is 1.88.